The number of nitrogens with zero attached hydrogens (tertiary/aromatic N) is 2. The number of non-ortho nitro benzene ring substituents is 1. The Balaban J connectivity index is 1.60. The van der Waals surface area contributed by atoms with E-state index in [1.165, 1.54) is 24.3 Å². The molecule has 0 fully saturated rings. The lowest BCUT2D eigenvalue weighted by atomic mass is 10.1. The molecule has 0 aliphatic carbocycles. The molecular weight excluding hydrogens is 330 g/mol. The number of oxime groups is 1. The molecule has 1 aliphatic heterocycles. The zero-order chi connectivity index (χ0) is 17.8. The molecule has 1 heterocycles. The van der Waals surface area contributed by atoms with Crippen LogP contribution in [-0.2, 0) is 11.3 Å². The van der Waals surface area contributed by atoms with Gasteiger partial charge in [-0.05, 0) is 23.8 Å². The number of hydrogen-bond donors (Lipinski definition) is 1. The summed E-state index contributed by atoms with van der Waals surface area (Å²) in [5.74, 6) is 0.378. The van der Waals surface area contributed by atoms with Crippen molar-refractivity contribution in [2.24, 2.45) is 10.9 Å². The Morgan fingerprint density at radius 1 is 1.20 bits per heavy atom. The van der Waals surface area contributed by atoms with Crippen LogP contribution < -0.4 is 15.2 Å². The van der Waals surface area contributed by atoms with Crippen LogP contribution in [-0.4, -0.2) is 23.5 Å². The van der Waals surface area contributed by atoms with Gasteiger partial charge >= 0.3 is 5.97 Å². The van der Waals surface area contributed by atoms with Crippen molar-refractivity contribution < 1.29 is 24.0 Å². The molecule has 0 bridgehead atoms. The quantitative estimate of drug-likeness (QED) is 0.289. The molecular formula is C16H13N3O6. The number of hydrogen-bond acceptors (Lipinski definition) is 7. The third kappa shape index (κ3) is 3.83. The maximum Gasteiger partial charge on any atom is 0.365 e. The SMILES string of the molecule is N/C(Cc1ccc([N+](=O)[O-])cc1)=N\OC(=O)c1ccc2c(c1)OCO2. The molecule has 9 heteroatoms. The van der Waals surface area contributed by atoms with Crippen LogP contribution in [0.2, 0.25) is 0 Å². The molecule has 25 heavy (non-hydrogen) atoms. The highest BCUT2D eigenvalue weighted by atomic mass is 16.7. The standard InChI is InChI=1S/C16H13N3O6/c17-15(7-10-1-4-12(5-2-10)19(21)22)18-25-16(20)11-3-6-13-14(8-11)24-9-23-13/h1-6,8H,7,9H2,(H2,17,18). The van der Waals surface area contributed by atoms with Gasteiger partial charge in [-0.15, -0.1) is 0 Å². The zero-order valence-electron chi connectivity index (χ0n) is 12.9. The maximum absolute atomic E-state index is 12.0. The first-order valence-electron chi connectivity index (χ1n) is 7.19. The van der Waals surface area contributed by atoms with Gasteiger partial charge in [0.25, 0.3) is 5.69 Å². The lowest BCUT2D eigenvalue weighted by Gasteiger charge is -2.03. The summed E-state index contributed by atoms with van der Waals surface area (Å²) in [6.07, 6.45) is 0.187. The number of benzene rings is 2. The monoisotopic (exact) mass is 343 g/mol. The number of nitro groups is 1. The number of fused-ring (bicyclic) bond motifs is 1. The van der Waals surface area contributed by atoms with E-state index in [9.17, 15) is 14.9 Å². The van der Waals surface area contributed by atoms with E-state index in [-0.39, 0.29) is 30.3 Å². The van der Waals surface area contributed by atoms with E-state index < -0.39 is 10.9 Å². The predicted octanol–water partition coefficient (Wildman–Crippen LogP) is 2.00. The fourth-order valence-electron chi connectivity index (χ4n) is 2.15. The predicted molar refractivity (Wildman–Crippen MR) is 86.4 cm³/mol. The lowest BCUT2D eigenvalue weighted by molar-refractivity contribution is -0.384. The van der Waals surface area contributed by atoms with Gasteiger partial charge in [0, 0.05) is 18.6 Å². The molecule has 1 aliphatic rings. The highest BCUT2D eigenvalue weighted by Gasteiger charge is 2.17. The van der Waals surface area contributed by atoms with Crippen LogP contribution in [0.25, 0.3) is 0 Å². The van der Waals surface area contributed by atoms with Crippen LogP contribution in [0.5, 0.6) is 11.5 Å². The largest absolute Gasteiger partial charge is 0.454 e. The first-order valence-corrected chi connectivity index (χ1v) is 7.19. The fraction of sp³-hybridized carbons (Fsp3) is 0.125. The Labute approximate surface area is 141 Å². The molecule has 2 aromatic carbocycles. The van der Waals surface area contributed by atoms with Gasteiger partial charge in [0.2, 0.25) is 6.79 Å². The molecule has 128 valence electrons. The van der Waals surface area contributed by atoms with E-state index >= 15 is 0 Å². The van der Waals surface area contributed by atoms with Gasteiger partial charge in [0.15, 0.2) is 11.5 Å². The molecule has 0 spiro atoms. The molecule has 0 saturated carbocycles. The first-order chi connectivity index (χ1) is 12.0. The number of rotatable bonds is 5. The molecule has 3 rings (SSSR count). The second-order valence-corrected chi connectivity index (χ2v) is 5.13. The molecule has 2 aromatic rings. The Kier molecular flexibility index (Phi) is 4.46. The molecule has 0 saturated heterocycles. The van der Waals surface area contributed by atoms with Gasteiger partial charge in [-0.3, -0.25) is 10.1 Å². The third-order valence-corrected chi connectivity index (χ3v) is 3.39. The molecule has 0 unspecified atom stereocenters. The fourth-order valence-corrected chi connectivity index (χ4v) is 2.15. The number of ether oxygens (including phenoxy) is 2. The average Bonchev–Trinajstić information content (AvgIpc) is 3.07. The molecule has 0 amide bonds. The molecule has 0 atom stereocenters. The van der Waals surface area contributed by atoms with Gasteiger partial charge in [-0.2, -0.15) is 0 Å². The number of amidine groups is 1. The Morgan fingerprint density at radius 3 is 2.64 bits per heavy atom. The second-order valence-electron chi connectivity index (χ2n) is 5.13. The van der Waals surface area contributed by atoms with E-state index in [0.29, 0.717) is 17.1 Å². The minimum absolute atomic E-state index is 0.0199. The van der Waals surface area contributed by atoms with Gasteiger partial charge in [0.1, 0.15) is 5.84 Å². The molecule has 2 N–H and O–H groups in total. The smallest absolute Gasteiger partial charge is 0.365 e. The average molecular weight is 343 g/mol. The number of nitro benzene ring substituents is 1. The van der Waals surface area contributed by atoms with Crippen molar-refractivity contribution >= 4 is 17.5 Å². The summed E-state index contributed by atoms with van der Waals surface area (Å²) >= 11 is 0. The zero-order valence-corrected chi connectivity index (χ0v) is 12.9. The summed E-state index contributed by atoms with van der Waals surface area (Å²) in [5, 5.41) is 14.2. The summed E-state index contributed by atoms with van der Waals surface area (Å²) in [6.45, 7) is 0.105. The van der Waals surface area contributed by atoms with Gasteiger partial charge in [0.05, 0.1) is 10.5 Å². The van der Waals surface area contributed by atoms with Crippen LogP contribution in [0.1, 0.15) is 15.9 Å². The number of carbonyl (C=O) groups excluding carboxylic acids is 1. The highest BCUT2D eigenvalue weighted by molar-refractivity contribution is 5.91. The van der Waals surface area contributed by atoms with Crippen LogP contribution in [0.15, 0.2) is 47.6 Å². The minimum Gasteiger partial charge on any atom is -0.454 e. The van der Waals surface area contributed by atoms with Crippen LogP contribution in [0, 0.1) is 10.1 Å². The first kappa shape index (κ1) is 16.2. The van der Waals surface area contributed by atoms with Crippen molar-refractivity contribution in [3.05, 3.63) is 63.7 Å². The Hall–Kier alpha value is -3.62. The maximum atomic E-state index is 12.0. The number of carbonyl (C=O) groups is 1. The summed E-state index contributed by atoms with van der Waals surface area (Å²) in [4.78, 5) is 26.9. The van der Waals surface area contributed by atoms with Crippen molar-refractivity contribution in [1.82, 2.24) is 0 Å². The van der Waals surface area contributed by atoms with Gasteiger partial charge in [-0.1, -0.05) is 17.3 Å². The molecule has 0 aromatic heterocycles. The molecule has 9 nitrogen and oxygen atoms in total. The van der Waals surface area contributed by atoms with Crippen molar-refractivity contribution in [3.8, 4) is 11.5 Å². The third-order valence-electron chi connectivity index (χ3n) is 3.39. The van der Waals surface area contributed by atoms with Gasteiger partial charge in [-0.25, -0.2) is 4.79 Å². The topological polar surface area (TPSA) is 126 Å². The summed E-state index contributed by atoms with van der Waals surface area (Å²) in [7, 11) is 0. The Morgan fingerprint density at radius 2 is 1.92 bits per heavy atom. The normalized spacial score (nSPS) is 12.7. The van der Waals surface area contributed by atoms with Crippen molar-refractivity contribution in [1.29, 1.82) is 0 Å². The van der Waals surface area contributed by atoms with Gasteiger partial charge < -0.3 is 20.0 Å². The Bertz CT molecular complexity index is 847. The summed E-state index contributed by atoms with van der Waals surface area (Å²) < 4.78 is 10.3. The van der Waals surface area contributed by atoms with Crippen LogP contribution >= 0.6 is 0 Å². The van der Waals surface area contributed by atoms with E-state index in [1.807, 2.05) is 0 Å². The van der Waals surface area contributed by atoms with Crippen molar-refractivity contribution in [2.45, 2.75) is 6.42 Å². The number of nitrogens with two attached hydrogens (primary N) is 1. The lowest BCUT2D eigenvalue weighted by Crippen LogP contribution is -2.16. The molecule has 0 radical (unpaired) electrons. The van der Waals surface area contributed by atoms with Crippen LogP contribution in [0.4, 0.5) is 5.69 Å². The summed E-state index contributed by atoms with van der Waals surface area (Å²) in [5.41, 5.74) is 6.64. The van der Waals surface area contributed by atoms with Crippen molar-refractivity contribution in [2.75, 3.05) is 6.79 Å². The van der Waals surface area contributed by atoms with Crippen molar-refractivity contribution in [3.63, 3.8) is 0 Å². The second kappa shape index (κ2) is 6.87. The van der Waals surface area contributed by atoms with E-state index in [0.717, 1.165) is 0 Å². The minimum atomic E-state index is -0.690. The summed E-state index contributed by atoms with van der Waals surface area (Å²) in [6, 6.07) is 10.5. The highest BCUT2D eigenvalue weighted by Crippen LogP contribution is 2.32. The van der Waals surface area contributed by atoms with E-state index in [2.05, 4.69) is 5.16 Å². The van der Waals surface area contributed by atoms with E-state index in [4.69, 9.17) is 20.0 Å². The van der Waals surface area contributed by atoms with Crippen LogP contribution in [0.3, 0.4) is 0 Å². The van der Waals surface area contributed by atoms with E-state index in [1.54, 1.807) is 18.2 Å².